The molecule has 0 spiro atoms. The number of nitrogens with zero attached hydrogens (tertiary/aromatic N) is 4. The highest BCUT2D eigenvalue weighted by atomic mass is 32.2. The maximum absolute atomic E-state index is 12.9. The number of rotatable bonds is 8. The Bertz CT molecular complexity index is 857. The van der Waals surface area contributed by atoms with Gasteiger partial charge in [-0.1, -0.05) is 43.8 Å². The molecule has 1 aromatic carbocycles. The molecule has 1 aliphatic heterocycles. The predicted octanol–water partition coefficient (Wildman–Crippen LogP) is 4.85. The zero-order valence-electron chi connectivity index (χ0n) is 17.6. The summed E-state index contributed by atoms with van der Waals surface area (Å²) in [4.78, 5) is 15.3. The van der Waals surface area contributed by atoms with E-state index in [1.165, 1.54) is 43.0 Å². The van der Waals surface area contributed by atoms with Crippen molar-refractivity contribution in [3.05, 3.63) is 29.8 Å². The van der Waals surface area contributed by atoms with E-state index in [1.807, 2.05) is 25.1 Å². The Morgan fingerprint density at radius 3 is 2.62 bits per heavy atom. The van der Waals surface area contributed by atoms with Gasteiger partial charge in [-0.25, -0.2) is 0 Å². The Labute approximate surface area is 177 Å². The number of para-hydroxylation sites is 1. The molecule has 2 heterocycles. The van der Waals surface area contributed by atoms with E-state index in [-0.39, 0.29) is 11.2 Å². The number of thioether (sulfide) groups is 1. The lowest BCUT2D eigenvalue weighted by Crippen LogP contribution is -2.24. The van der Waals surface area contributed by atoms with E-state index < -0.39 is 0 Å². The van der Waals surface area contributed by atoms with E-state index in [2.05, 4.69) is 44.9 Å². The quantitative estimate of drug-likeness (QED) is 0.627. The molecule has 2 fully saturated rings. The van der Waals surface area contributed by atoms with Crippen molar-refractivity contribution in [2.75, 3.05) is 23.3 Å². The van der Waals surface area contributed by atoms with Crippen molar-refractivity contribution in [1.29, 1.82) is 0 Å². The van der Waals surface area contributed by atoms with Gasteiger partial charge < -0.3 is 10.2 Å². The molecule has 4 rings (SSSR count). The Hall–Kier alpha value is -2.02. The standard InChI is InChI=1S/C22H31N5OS/c1-4-15(2)18-9-5-6-10-19(18)23-20(28)16(3)29-22-25-24-21(26-13-7-8-14-26)27(22)17-11-12-17/h5-6,9-10,15-17H,4,7-8,11-14H2,1-3H3,(H,23,28). The van der Waals surface area contributed by atoms with Gasteiger partial charge in [0.2, 0.25) is 11.9 Å². The molecule has 2 unspecified atom stereocenters. The zero-order chi connectivity index (χ0) is 20.4. The molecule has 1 N–H and O–H groups in total. The van der Waals surface area contributed by atoms with Crippen molar-refractivity contribution in [2.24, 2.45) is 0 Å². The van der Waals surface area contributed by atoms with Gasteiger partial charge in [0.05, 0.1) is 5.25 Å². The number of hydrogen-bond donors (Lipinski definition) is 1. The average Bonchev–Trinajstić information content (AvgIpc) is 3.25. The van der Waals surface area contributed by atoms with E-state index in [9.17, 15) is 4.79 Å². The molecule has 1 aromatic heterocycles. The fraction of sp³-hybridized carbons (Fsp3) is 0.591. The number of amides is 1. The zero-order valence-corrected chi connectivity index (χ0v) is 18.4. The maximum Gasteiger partial charge on any atom is 0.237 e. The third-order valence-corrected chi connectivity index (χ3v) is 7.02. The van der Waals surface area contributed by atoms with E-state index in [1.54, 1.807) is 0 Å². The number of benzene rings is 1. The second-order valence-electron chi connectivity index (χ2n) is 8.22. The summed E-state index contributed by atoms with van der Waals surface area (Å²) in [6.07, 6.45) is 5.83. The Kier molecular flexibility index (Phi) is 6.13. The smallest absolute Gasteiger partial charge is 0.237 e. The summed E-state index contributed by atoms with van der Waals surface area (Å²) in [5, 5.41) is 12.7. The molecule has 0 bridgehead atoms. The van der Waals surface area contributed by atoms with Gasteiger partial charge in [0.25, 0.3) is 0 Å². The van der Waals surface area contributed by atoms with Crippen LogP contribution in [0.2, 0.25) is 0 Å². The molecule has 0 radical (unpaired) electrons. The summed E-state index contributed by atoms with van der Waals surface area (Å²) in [5.74, 6) is 1.41. The summed E-state index contributed by atoms with van der Waals surface area (Å²) in [6, 6.07) is 8.60. The number of carbonyl (C=O) groups excluding carboxylic acids is 1. The van der Waals surface area contributed by atoms with Crippen LogP contribution in [0.3, 0.4) is 0 Å². The van der Waals surface area contributed by atoms with Crippen LogP contribution in [-0.4, -0.2) is 39.0 Å². The number of carbonyl (C=O) groups is 1. The largest absolute Gasteiger partial charge is 0.341 e. The lowest BCUT2D eigenvalue weighted by molar-refractivity contribution is -0.115. The Morgan fingerprint density at radius 2 is 1.93 bits per heavy atom. The monoisotopic (exact) mass is 413 g/mol. The van der Waals surface area contributed by atoms with Gasteiger partial charge >= 0.3 is 0 Å². The summed E-state index contributed by atoms with van der Waals surface area (Å²) < 4.78 is 2.27. The minimum absolute atomic E-state index is 0.0128. The first-order chi connectivity index (χ1) is 14.1. The van der Waals surface area contributed by atoms with Gasteiger partial charge in [-0.05, 0) is 56.6 Å². The van der Waals surface area contributed by atoms with Crippen molar-refractivity contribution in [3.63, 3.8) is 0 Å². The molecule has 1 aliphatic carbocycles. The van der Waals surface area contributed by atoms with Gasteiger partial charge in [-0.2, -0.15) is 0 Å². The third kappa shape index (κ3) is 4.44. The van der Waals surface area contributed by atoms with Crippen LogP contribution in [-0.2, 0) is 4.79 Å². The van der Waals surface area contributed by atoms with Crippen LogP contribution < -0.4 is 10.2 Å². The van der Waals surface area contributed by atoms with Crippen LogP contribution in [0.4, 0.5) is 11.6 Å². The van der Waals surface area contributed by atoms with Crippen LogP contribution in [0.25, 0.3) is 0 Å². The summed E-state index contributed by atoms with van der Waals surface area (Å²) in [6.45, 7) is 8.43. The van der Waals surface area contributed by atoms with Gasteiger partial charge in [0.1, 0.15) is 0 Å². The third-order valence-electron chi connectivity index (χ3n) is 5.96. The molecule has 6 nitrogen and oxygen atoms in total. The van der Waals surface area contributed by atoms with Gasteiger partial charge in [-0.15, -0.1) is 10.2 Å². The predicted molar refractivity (Wildman–Crippen MR) is 119 cm³/mol. The second-order valence-corrected chi connectivity index (χ2v) is 9.53. The van der Waals surface area contributed by atoms with Crippen LogP contribution in [0, 0.1) is 0 Å². The molecule has 29 heavy (non-hydrogen) atoms. The maximum atomic E-state index is 12.9. The highest BCUT2D eigenvalue weighted by Gasteiger charge is 2.33. The highest BCUT2D eigenvalue weighted by Crippen LogP contribution is 2.42. The molecule has 2 atom stereocenters. The first-order valence-corrected chi connectivity index (χ1v) is 11.7. The fourth-order valence-electron chi connectivity index (χ4n) is 3.84. The second kappa shape index (κ2) is 8.78. The molecular weight excluding hydrogens is 382 g/mol. The highest BCUT2D eigenvalue weighted by molar-refractivity contribution is 8.00. The molecule has 2 aliphatic rings. The Balaban J connectivity index is 1.47. The SMILES string of the molecule is CCC(C)c1ccccc1NC(=O)C(C)Sc1nnc(N2CCCC2)n1C1CC1. The molecule has 156 valence electrons. The van der Waals surface area contributed by atoms with Crippen molar-refractivity contribution < 1.29 is 4.79 Å². The van der Waals surface area contributed by atoms with Crippen LogP contribution in [0.15, 0.2) is 29.4 Å². The first-order valence-electron chi connectivity index (χ1n) is 10.8. The molecule has 1 saturated heterocycles. The van der Waals surface area contributed by atoms with Crippen molar-refractivity contribution >= 4 is 29.3 Å². The molecule has 1 saturated carbocycles. The number of hydrogen-bond acceptors (Lipinski definition) is 5. The summed E-state index contributed by atoms with van der Waals surface area (Å²) >= 11 is 1.52. The average molecular weight is 414 g/mol. The lowest BCUT2D eigenvalue weighted by Gasteiger charge is -2.19. The van der Waals surface area contributed by atoms with E-state index in [0.29, 0.717) is 12.0 Å². The van der Waals surface area contributed by atoms with Gasteiger partial charge in [0.15, 0.2) is 5.16 Å². The van der Waals surface area contributed by atoms with E-state index in [0.717, 1.165) is 36.3 Å². The first kappa shape index (κ1) is 20.3. The number of anilines is 2. The van der Waals surface area contributed by atoms with Crippen molar-refractivity contribution in [3.8, 4) is 0 Å². The van der Waals surface area contributed by atoms with Gasteiger partial charge in [-0.3, -0.25) is 9.36 Å². The van der Waals surface area contributed by atoms with Crippen LogP contribution in [0.1, 0.15) is 70.4 Å². The van der Waals surface area contributed by atoms with Crippen molar-refractivity contribution in [2.45, 2.75) is 75.2 Å². The Morgan fingerprint density at radius 1 is 1.21 bits per heavy atom. The molecule has 2 aromatic rings. The number of aromatic nitrogens is 3. The number of nitrogens with one attached hydrogen (secondary N) is 1. The van der Waals surface area contributed by atoms with Crippen molar-refractivity contribution in [1.82, 2.24) is 14.8 Å². The molecule has 7 heteroatoms. The van der Waals surface area contributed by atoms with Crippen LogP contribution >= 0.6 is 11.8 Å². The lowest BCUT2D eigenvalue weighted by atomic mass is 9.97. The minimum atomic E-state index is -0.242. The molecular formula is C22H31N5OS. The minimum Gasteiger partial charge on any atom is -0.341 e. The van der Waals surface area contributed by atoms with Gasteiger partial charge in [0, 0.05) is 24.8 Å². The summed E-state index contributed by atoms with van der Waals surface area (Å²) in [7, 11) is 0. The summed E-state index contributed by atoms with van der Waals surface area (Å²) in [5.41, 5.74) is 2.11. The van der Waals surface area contributed by atoms with E-state index in [4.69, 9.17) is 0 Å². The van der Waals surface area contributed by atoms with E-state index >= 15 is 0 Å². The van der Waals surface area contributed by atoms with Crippen LogP contribution in [0.5, 0.6) is 0 Å². The normalized spacial score (nSPS) is 18.7. The topological polar surface area (TPSA) is 63.1 Å². The fourth-order valence-corrected chi connectivity index (χ4v) is 4.76. The molecule has 1 amide bonds.